The number of benzene rings is 1. The van der Waals surface area contributed by atoms with E-state index in [1.165, 1.54) is 0 Å². The van der Waals surface area contributed by atoms with Crippen LogP contribution in [0.4, 0.5) is 13.2 Å². The Labute approximate surface area is 112 Å². The molecule has 0 aliphatic heterocycles. The predicted octanol–water partition coefficient (Wildman–Crippen LogP) is 3.51. The quantitative estimate of drug-likeness (QED) is 0.874. The van der Waals surface area contributed by atoms with E-state index in [2.05, 4.69) is 4.74 Å². The first kappa shape index (κ1) is 15.8. The third-order valence-electron chi connectivity index (χ3n) is 2.51. The Morgan fingerprint density at radius 3 is 2.53 bits per heavy atom. The Balaban J connectivity index is 2.59. The van der Waals surface area contributed by atoms with Crippen LogP contribution in [0.5, 0.6) is 0 Å². The minimum atomic E-state index is -4.74. The van der Waals surface area contributed by atoms with Gasteiger partial charge in [-0.15, -0.1) is 13.2 Å². The van der Waals surface area contributed by atoms with E-state index in [1.807, 2.05) is 0 Å². The Kier molecular flexibility index (Phi) is 5.62. The topological polar surface area (TPSA) is 46.5 Å². The molecule has 106 valence electrons. The molecule has 0 fully saturated rings. The number of hydrogen-bond acceptors (Lipinski definition) is 2. The number of ether oxygens (including phenoxy) is 1. The van der Waals surface area contributed by atoms with E-state index in [9.17, 15) is 18.0 Å². The Bertz CT molecular complexity index is 434. The lowest BCUT2D eigenvalue weighted by atomic mass is 9.96. The van der Waals surface area contributed by atoms with Crippen LogP contribution >= 0.6 is 11.6 Å². The molecule has 0 amide bonds. The van der Waals surface area contributed by atoms with Gasteiger partial charge in [0.05, 0.1) is 12.5 Å². The summed E-state index contributed by atoms with van der Waals surface area (Å²) in [7, 11) is 0. The summed E-state index contributed by atoms with van der Waals surface area (Å²) in [4.78, 5) is 11.0. The standard InChI is InChI=1S/C12H12ClF3O3/c13-10-4-2-1-3-8(10)7-9(11(17)18)5-6-19-12(14,15)16/h1-4,9H,5-7H2,(H,17,18). The summed E-state index contributed by atoms with van der Waals surface area (Å²) in [5, 5.41) is 9.37. The molecular weight excluding hydrogens is 285 g/mol. The summed E-state index contributed by atoms with van der Waals surface area (Å²) in [6.07, 6.45) is -4.91. The first-order valence-corrected chi connectivity index (χ1v) is 5.84. The first-order chi connectivity index (χ1) is 8.79. The molecule has 0 aliphatic carbocycles. The van der Waals surface area contributed by atoms with E-state index >= 15 is 0 Å². The van der Waals surface area contributed by atoms with Crippen LogP contribution in [-0.4, -0.2) is 24.0 Å². The van der Waals surface area contributed by atoms with Crippen LogP contribution < -0.4 is 0 Å². The van der Waals surface area contributed by atoms with Crippen LogP contribution in [0.15, 0.2) is 24.3 Å². The van der Waals surface area contributed by atoms with Gasteiger partial charge in [0.2, 0.25) is 0 Å². The fraction of sp³-hybridized carbons (Fsp3) is 0.417. The molecule has 0 aromatic heterocycles. The SMILES string of the molecule is O=C(O)C(CCOC(F)(F)F)Cc1ccccc1Cl. The lowest BCUT2D eigenvalue weighted by Crippen LogP contribution is -2.22. The number of aliphatic carboxylic acids is 1. The molecule has 0 bridgehead atoms. The van der Waals surface area contributed by atoms with Crippen molar-refractivity contribution in [3.8, 4) is 0 Å². The molecule has 0 spiro atoms. The number of halogens is 4. The Morgan fingerprint density at radius 1 is 1.37 bits per heavy atom. The highest BCUT2D eigenvalue weighted by atomic mass is 35.5. The number of carbonyl (C=O) groups is 1. The van der Waals surface area contributed by atoms with Gasteiger partial charge in [0, 0.05) is 5.02 Å². The van der Waals surface area contributed by atoms with Gasteiger partial charge in [-0.25, -0.2) is 0 Å². The van der Waals surface area contributed by atoms with Crippen LogP contribution in [0.2, 0.25) is 5.02 Å². The highest BCUT2D eigenvalue weighted by molar-refractivity contribution is 6.31. The molecule has 0 heterocycles. The normalized spacial score (nSPS) is 13.3. The summed E-state index contributed by atoms with van der Waals surface area (Å²) in [6, 6.07) is 6.62. The second-order valence-electron chi connectivity index (χ2n) is 3.91. The third kappa shape index (κ3) is 5.94. The van der Waals surface area contributed by atoms with Crippen molar-refractivity contribution in [2.75, 3.05) is 6.61 Å². The lowest BCUT2D eigenvalue weighted by molar-refractivity contribution is -0.325. The second kappa shape index (κ2) is 6.77. The van der Waals surface area contributed by atoms with E-state index in [-0.39, 0.29) is 12.8 Å². The third-order valence-corrected chi connectivity index (χ3v) is 2.87. The maximum Gasteiger partial charge on any atom is 0.522 e. The van der Waals surface area contributed by atoms with Gasteiger partial charge in [0.15, 0.2) is 0 Å². The smallest absolute Gasteiger partial charge is 0.481 e. The Morgan fingerprint density at radius 2 is 2.00 bits per heavy atom. The summed E-state index contributed by atoms with van der Waals surface area (Å²) >= 11 is 5.88. The van der Waals surface area contributed by atoms with Crippen molar-refractivity contribution in [1.29, 1.82) is 0 Å². The van der Waals surface area contributed by atoms with E-state index in [0.717, 1.165) is 0 Å². The minimum Gasteiger partial charge on any atom is -0.481 e. The fourth-order valence-electron chi connectivity index (χ4n) is 1.56. The molecule has 7 heteroatoms. The first-order valence-electron chi connectivity index (χ1n) is 5.46. The molecule has 1 aromatic carbocycles. The molecule has 1 N–H and O–H groups in total. The highest BCUT2D eigenvalue weighted by Gasteiger charge is 2.30. The summed E-state index contributed by atoms with van der Waals surface area (Å²) < 4.78 is 39.0. The van der Waals surface area contributed by atoms with Gasteiger partial charge in [0.25, 0.3) is 0 Å². The molecule has 0 radical (unpaired) electrons. The van der Waals surface area contributed by atoms with E-state index in [4.69, 9.17) is 16.7 Å². The van der Waals surface area contributed by atoms with Crippen LogP contribution in [0, 0.1) is 5.92 Å². The molecule has 0 saturated carbocycles. The van der Waals surface area contributed by atoms with Gasteiger partial charge >= 0.3 is 12.3 Å². The summed E-state index contributed by atoms with van der Waals surface area (Å²) in [6.45, 7) is -0.690. The molecule has 3 nitrogen and oxygen atoms in total. The fourth-order valence-corrected chi connectivity index (χ4v) is 1.77. The van der Waals surface area contributed by atoms with Crippen LogP contribution in [0.1, 0.15) is 12.0 Å². The average molecular weight is 297 g/mol. The number of carboxylic acid groups (broad SMARTS) is 1. The number of hydrogen-bond donors (Lipinski definition) is 1. The molecule has 1 unspecified atom stereocenters. The molecule has 1 atom stereocenters. The summed E-state index contributed by atoms with van der Waals surface area (Å²) in [5.41, 5.74) is 0.587. The maximum absolute atomic E-state index is 11.8. The average Bonchev–Trinajstić information content (AvgIpc) is 2.28. The molecule has 0 saturated heterocycles. The molecule has 1 aromatic rings. The summed E-state index contributed by atoms with van der Waals surface area (Å²) in [5.74, 6) is -2.15. The van der Waals surface area contributed by atoms with Crippen molar-refractivity contribution in [2.24, 2.45) is 5.92 Å². The van der Waals surface area contributed by atoms with E-state index in [0.29, 0.717) is 10.6 Å². The van der Waals surface area contributed by atoms with Gasteiger partial charge in [-0.1, -0.05) is 29.8 Å². The second-order valence-corrected chi connectivity index (χ2v) is 4.32. The largest absolute Gasteiger partial charge is 0.522 e. The Hall–Kier alpha value is -1.27. The zero-order valence-electron chi connectivity index (χ0n) is 9.78. The van der Waals surface area contributed by atoms with Crippen molar-refractivity contribution >= 4 is 17.6 Å². The zero-order chi connectivity index (χ0) is 14.5. The van der Waals surface area contributed by atoms with Crippen molar-refractivity contribution in [2.45, 2.75) is 19.2 Å². The number of alkyl halides is 3. The minimum absolute atomic E-state index is 0.0657. The van der Waals surface area contributed by atoms with Gasteiger partial charge < -0.3 is 5.11 Å². The van der Waals surface area contributed by atoms with Crippen molar-refractivity contribution < 1.29 is 27.8 Å². The van der Waals surface area contributed by atoms with Gasteiger partial charge in [-0.05, 0) is 24.5 Å². The van der Waals surface area contributed by atoms with Gasteiger partial charge in [-0.3, -0.25) is 9.53 Å². The van der Waals surface area contributed by atoms with Crippen molar-refractivity contribution in [3.63, 3.8) is 0 Å². The molecular formula is C12H12ClF3O3. The zero-order valence-corrected chi connectivity index (χ0v) is 10.5. The molecule has 19 heavy (non-hydrogen) atoms. The van der Waals surface area contributed by atoms with E-state index in [1.54, 1.807) is 24.3 Å². The van der Waals surface area contributed by atoms with Gasteiger partial charge in [0.1, 0.15) is 0 Å². The number of carboxylic acids is 1. The van der Waals surface area contributed by atoms with Gasteiger partial charge in [-0.2, -0.15) is 0 Å². The molecule has 1 rings (SSSR count). The van der Waals surface area contributed by atoms with Crippen LogP contribution in [0.25, 0.3) is 0 Å². The number of rotatable bonds is 6. The van der Waals surface area contributed by atoms with Crippen LogP contribution in [-0.2, 0) is 16.0 Å². The molecule has 0 aliphatic rings. The lowest BCUT2D eigenvalue weighted by Gasteiger charge is -2.14. The maximum atomic E-state index is 11.8. The highest BCUT2D eigenvalue weighted by Crippen LogP contribution is 2.22. The van der Waals surface area contributed by atoms with E-state index < -0.39 is 24.9 Å². The monoisotopic (exact) mass is 296 g/mol. The van der Waals surface area contributed by atoms with Crippen molar-refractivity contribution in [3.05, 3.63) is 34.9 Å². The van der Waals surface area contributed by atoms with Crippen LogP contribution in [0.3, 0.4) is 0 Å². The van der Waals surface area contributed by atoms with Crippen molar-refractivity contribution in [1.82, 2.24) is 0 Å². The predicted molar refractivity (Wildman–Crippen MR) is 62.9 cm³/mol.